The van der Waals surface area contributed by atoms with E-state index in [9.17, 15) is 8.42 Å². The Labute approximate surface area is 98.1 Å². The van der Waals surface area contributed by atoms with Crippen LogP contribution in [0.5, 0.6) is 0 Å². The number of rotatable bonds is 4. The highest BCUT2D eigenvalue weighted by Crippen LogP contribution is 2.34. The standard InChI is InChI=1S/C11H22N2O2S/c1-13(7-10-3-4-10)11(8-12)5-2-6-16(14,15)9-11/h10H,2-9,12H2,1H3. The zero-order chi connectivity index (χ0) is 11.8. The molecule has 2 rings (SSSR count). The Morgan fingerprint density at radius 2 is 2.12 bits per heavy atom. The van der Waals surface area contributed by atoms with Crippen LogP contribution in [-0.4, -0.2) is 50.5 Å². The second kappa shape index (κ2) is 4.27. The molecule has 0 aromatic rings. The lowest BCUT2D eigenvalue weighted by molar-refractivity contribution is 0.126. The van der Waals surface area contributed by atoms with Gasteiger partial charge in [-0.3, -0.25) is 4.90 Å². The summed E-state index contributed by atoms with van der Waals surface area (Å²) in [4.78, 5) is 2.21. The van der Waals surface area contributed by atoms with E-state index < -0.39 is 9.84 Å². The molecule has 5 heteroatoms. The van der Waals surface area contributed by atoms with Crippen LogP contribution in [0.1, 0.15) is 25.7 Å². The van der Waals surface area contributed by atoms with E-state index >= 15 is 0 Å². The lowest BCUT2D eigenvalue weighted by Crippen LogP contribution is -2.59. The first-order chi connectivity index (χ1) is 7.47. The van der Waals surface area contributed by atoms with Gasteiger partial charge >= 0.3 is 0 Å². The van der Waals surface area contributed by atoms with Crippen molar-refractivity contribution >= 4 is 9.84 Å². The molecule has 94 valence electrons. The largest absolute Gasteiger partial charge is 0.329 e. The van der Waals surface area contributed by atoms with Crippen molar-refractivity contribution in [3.05, 3.63) is 0 Å². The molecule has 0 spiro atoms. The third kappa shape index (κ3) is 2.57. The van der Waals surface area contributed by atoms with E-state index in [0.29, 0.717) is 12.3 Å². The van der Waals surface area contributed by atoms with Gasteiger partial charge in [0.1, 0.15) is 0 Å². The summed E-state index contributed by atoms with van der Waals surface area (Å²) >= 11 is 0. The first kappa shape index (κ1) is 12.3. The van der Waals surface area contributed by atoms with Gasteiger partial charge in [0.25, 0.3) is 0 Å². The summed E-state index contributed by atoms with van der Waals surface area (Å²) in [5.74, 6) is 1.37. The molecule has 0 aromatic carbocycles. The molecule has 1 saturated heterocycles. The number of hydrogen-bond donors (Lipinski definition) is 1. The molecule has 0 aromatic heterocycles. The van der Waals surface area contributed by atoms with Crippen LogP contribution in [0.3, 0.4) is 0 Å². The van der Waals surface area contributed by atoms with Gasteiger partial charge in [-0.05, 0) is 38.6 Å². The molecule has 2 fully saturated rings. The minimum absolute atomic E-state index is 0.250. The second-order valence-electron chi connectivity index (χ2n) is 5.45. The highest BCUT2D eigenvalue weighted by molar-refractivity contribution is 7.91. The van der Waals surface area contributed by atoms with Crippen LogP contribution in [0.15, 0.2) is 0 Å². The molecule has 0 bridgehead atoms. The Morgan fingerprint density at radius 3 is 2.62 bits per heavy atom. The molecule has 1 heterocycles. The number of likely N-dealkylation sites (N-methyl/N-ethyl adjacent to an activating group) is 1. The topological polar surface area (TPSA) is 63.4 Å². The zero-order valence-electron chi connectivity index (χ0n) is 9.98. The molecule has 2 aliphatic rings. The molecular formula is C11H22N2O2S. The first-order valence-corrected chi connectivity index (χ1v) is 7.91. The van der Waals surface area contributed by atoms with Crippen LogP contribution in [0.4, 0.5) is 0 Å². The summed E-state index contributed by atoms with van der Waals surface area (Å²) in [7, 11) is -0.851. The van der Waals surface area contributed by atoms with Gasteiger partial charge in [-0.25, -0.2) is 8.42 Å². The summed E-state index contributed by atoms with van der Waals surface area (Å²) in [5.41, 5.74) is 5.56. The van der Waals surface area contributed by atoms with E-state index in [0.717, 1.165) is 25.3 Å². The predicted molar refractivity (Wildman–Crippen MR) is 65.0 cm³/mol. The first-order valence-electron chi connectivity index (χ1n) is 6.09. The van der Waals surface area contributed by atoms with Gasteiger partial charge in [-0.1, -0.05) is 0 Å². The smallest absolute Gasteiger partial charge is 0.152 e. The van der Waals surface area contributed by atoms with Crippen molar-refractivity contribution in [2.75, 3.05) is 31.6 Å². The van der Waals surface area contributed by atoms with Crippen molar-refractivity contribution in [1.82, 2.24) is 4.90 Å². The van der Waals surface area contributed by atoms with Crippen molar-refractivity contribution in [2.24, 2.45) is 11.7 Å². The Morgan fingerprint density at radius 1 is 1.44 bits per heavy atom. The van der Waals surface area contributed by atoms with E-state index in [-0.39, 0.29) is 11.3 Å². The number of sulfone groups is 1. The van der Waals surface area contributed by atoms with Gasteiger partial charge < -0.3 is 5.73 Å². The van der Waals surface area contributed by atoms with E-state index in [2.05, 4.69) is 4.90 Å². The van der Waals surface area contributed by atoms with E-state index in [1.165, 1.54) is 12.8 Å². The fraction of sp³-hybridized carbons (Fsp3) is 1.00. The minimum atomic E-state index is -2.88. The van der Waals surface area contributed by atoms with Crippen molar-refractivity contribution in [3.8, 4) is 0 Å². The fourth-order valence-corrected chi connectivity index (χ4v) is 4.70. The third-order valence-corrected chi connectivity index (χ3v) is 5.89. The molecule has 1 saturated carbocycles. The summed E-state index contributed by atoms with van der Waals surface area (Å²) in [6.45, 7) is 1.46. The Hall–Kier alpha value is -0.130. The summed E-state index contributed by atoms with van der Waals surface area (Å²) in [5, 5.41) is 0. The van der Waals surface area contributed by atoms with Crippen molar-refractivity contribution in [1.29, 1.82) is 0 Å². The molecule has 16 heavy (non-hydrogen) atoms. The van der Waals surface area contributed by atoms with Crippen molar-refractivity contribution in [3.63, 3.8) is 0 Å². The van der Waals surface area contributed by atoms with Crippen LogP contribution in [-0.2, 0) is 9.84 Å². The van der Waals surface area contributed by atoms with Gasteiger partial charge in [0.05, 0.1) is 11.5 Å². The van der Waals surface area contributed by atoms with Gasteiger partial charge in [0.2, 0.25) is 0 Å². The summed E-state index contributed by atoms with van der Waals surface area (Å²) < 4.78 is 23.5. The quantitative estimate of drug-likeness (QED) is 0.771. The van der Waals surface area contributed by atoms with Gasteiger partial charge in [0, 0.05) is 18.6 Å². The maximum Gasteiger partial charge on any atom is 0.152 e. The number of nitrogens with zero attached hydrogens (tertiary/aromatic N) is 1. The highest BCUT2D eigenvalue weighted by atomic mass is 32.2. The maximum atomic E-state index is 11.7. The van der Waals surface area contributed by atoms with E-state index in [1.54, 1.807) is 0 Å². The lowest BCUT2D eigenvalue weighted by Gasteiger charge is -2.43. The van der Waals surface area contributed by atoms with Crippen molar-refractivity contribution in [2.45, 2.75) is 31.2 Å². The Bertz CT molecular complexity index is 351. The molecular weight excluding hydrogens is 224 g/mol. The van der Waals surface area contributed by atoms with Gasteiger partial charge in [-0.15, -0.1) is 0 Å². The van der Waals surface area contributed by atoms with Crippen LogP contribution in [0.2, 0.25) is 0 Å². The van der Waals surface area contributed by atoms with Crippen molar-refractivity contribution < 1.29 is 8.42 Å². The molecule has 4 nitrogen and oxygen atoms in total. The molecule has 1 unspecified atom stereocenters. The molecule has 1 atom stereocenters. The average Bonchev–Trinajstić information content (AvgIpc) is 2.99. The molecule has 0 amide bonds. The average molecular weight is 246 g/mol. The Kier molecular flexibility index (Phi) is 3.29. The number of hydrogen-bond acceptors (Lipinski definition) is 4. The van der Waals surface area contributed by atoms with Gasteiger partial charge in [-0.2, -0.15) is 0 Å². The minimum Gasteiger partial charge on any atom is -0.329 e. The van der Waals surface area contributed by atoms with Crippen LogP contribution in [0, 0.1) is 5.92 Å². The SMILES string of the molecule is CN(CC1CC1)C1(CN)CCCS(=O)(=O)C1. The monoisotopic (exact) mass is 246 g/mol. The number of nitrogens with two attached hydrogens (primary N) is 1. The lowest BCUT2D eigenvalue weighted by atomic mass is 9.93. The van der Waals surface area contributed by atoms with Gasteiger partial charge in [0.15, 0.2) is 9.84 Å². The normalized spacial score (nSPS) is 34.2. The summed E-state index contributed by atoms with van der Waals surface area (Å²) in [6.07, 6.45) is 4.26. The fourth-order valence-electron chi connectivity index (χ4n) is 2.67. The summed E-state index contributed by atoms with van der Waals surface area (Å²) in [6, 6.07) is 0. The molecule has 2 N–H and O–H groups in total. The molecule has 1 aliphatic heterocycles. The van der Waals surface area contributed by atoms with Crippen LogP contribution < -0.4 is 5.73 Å². The zero-order valence-corrected chi connectivity index (χ0v) is 10.8. The van der Waals surface area contributed by atoms with Crippen LogP contribution >= 0.6 is 0 Å². The third-order valence-electron chi connectivity index (χ3n) is 4.00. The predicted octanol–water partition coefficient (Wildman–Crippen LogP) is 0.234. The van der Waals surface area contributed by atoms with E-state index in [1.807, 2.05) is 7.05 Å². The molecule has 1 aliphatic carbocycles. The highest BCUT2D eigenvalue weighted by Gasteiger charge is 2.42. The van der Waals surface area contributed by atoms with Crippen LogP contribution in [0.25, 0.3) is 0 Å². The second-order valence-corrected chi connectivity index (χ2v) is 7.63. The Balaban J connectivity index is 2.10. The molecule has 0 radical (unpaired) electrons. The maximum absolute atomic E-state index is 11.7. The van der Waals surface area contributed by atoms with E-state index in [4.69, 9.17) is 5.73 Å².